The first-order chi connectivity index (χ1) is 12.6. The van der Waals surface area contributed by atoms with Gasteiger partial charge in [0.25, 0.3) is 10.1 Å². The highest BCUT2D eigenvalue weighted by Gasteiger charge is 2.56. The van der Waals surface area contributed by atoms with Crippen molar-refractivity contribution in [2.75, 3.05) is 5.75 Å². The lowest BCUT2D eigenvalue weighted by atomic mass is 10.3. The number of aliphatic carboxylic acids is 1. The Hall–Kier alpha value is -2.25. The number of hydrogen-bond acceptors (Lipinski definition) is 9. The van der Waals surface area contributed by atoms with Gasteiger partial charge in [0.15, 0.2) is 0 Å². The number of benzene rings is 1. The Morgan fingerprint density at radius 1 is 1.30 bits per heavy atom. The van der Waals surface area contributed by atoms with Gasteiger partial charge in [0, 0.05) is 28.3 Å². The molecule has 2 rings (SSSR count). The fourth-order valence-corrected chi connectivity index (χ4v) is 6.21. The average molecular weight is 431 g/mol. The highest BCUT2D eigenvalue weighted by molar-refractivity contribution is 8.76. The van der Waals surface area contributed by atoms with Crippen molar-refractivity contribution in [3.63, 3.8) is 0 Å². The van der Waals surface area contributed by atoms with Crippen LogP contribution in [0.15, 0.2) is 34.3 Å². The molecule has 0 saturated carbocycles. The number of rotatable bonds is 8. The van der Waals surface area contributed by atoms with Gasteiger partial charge in [-0.1, -0.05) is 38.8 Å². The summed E-state index contributed by atoms with van der Waals surface area (Å²) in [5.74, 6) is -5.17. The summed E-state index contributed by atoms with van der Waals surface area (Å²) in [4.78, 5) is 35.4. The minimum atomic E-state index is -5.41. The Kier molecular flexibility index (Phi) is 6.38. The lowest BCUT2D eigenvalue weighted by Gasteiger charge is -2.37. The van der Waals surface area contributed by atoms with Crippen LogP contribution in [-0.4, -0.2) is 46.3 Å². The number of amides is 2. The molecule has 0 bridgehead atoms. The third kappa shape index (κ3) is 4.20. The number of carbonyl (C=O) groups excluding carboxylic acids is 3. The SMILES string of the molecule is [N-]=[N+]=Nc1ccc(SSCC(C(=O)[O-])(N2C(=O)CCC2=O)S(=O)(=O)O)cc1. The van der Waals surface area contributed by atoms with E-state index in [1.165, 1.54) is 24.3 Å². The molecule has 1 saturated heterocycles. The molecule has 14 heteroatoms. The molecule has 0 aliphatic carbocycles. The average Bonchev–Trinajstić information content (AvgIpc) is 2.91. The number of carbonyl (C=O) groups is 3. The van der Waals surface area contributed by atoms with Gasteiger partial charge in [-0.25, -0.2) is 0 Å². The molecular formula is C13H11N4O7S3-. The van der Waals surface area contributed by atoms with Crippen molar-refractivity contribution in [1.82, 2.24) is 4.90 Å². The molecule has 1 heterocycles. The fourth-order valence-electron chi connectivity index (χ4n) is 2.29. The second kappa shape index (κ2) is 8.19. The molecule has 1 atom stereocenters. The second-order valence-electron chi connectivity index (χ2n) is 5.20. The smallest absolute Gasteiger partial charge is 0.296 e. The standard InChI is InChI=1S/C13H12N4O7S3/c14-16-15-8-1-3-9(4-2-8)26-25-7-13(12(20)21,27(22,23)24)17-10(18)5-6-11(17)19/h1-4H,5-7H2,(H,20,21)(H,22,23,24)/p-1. The Morgan fingerprint density at radius 3 is 2.30 bits per heavy atom. The van der Waals surface area contributed by atoms with E-state index in [0.29, 0.717) is 21.4 Å². The van der Waals surface area contributed by atoms with Crippen LogP contribution >= 0.6 is 21.6 Å². The zero-order valence-electron chi connectivity index (χ0n) is 13.3. The molecule has 1 aliphatic heterocycles. The van der Waals surface area contributed by atoms with Crippen LogP contribution in [0.1, 0.15) is 12.8 Å². The van der Waals surface area contributed by atoms with E-state index in [4.69, 9.17) is 5.53 Å². The number of carboxylic acid groups (broad SMARTS) is 1. The van der Waals surface area contributed by atoms with E-state index in [0.717, 1.165) is 10.8 Å². The maximum Gasteiger partial charge on any atom is 0.296 e. The van der Waals surface area contributed by atoms with Crippen LogP contribution in [-0.2, 0) is 24.5 Å². The number of azide groups is 1. The number of imide groups is 1. The number of likely N-dealkylation sites (tertiary alicyclic amines) is 1. The van der Waals surface area contributed by atoms with Gasteiger partial charge in [-0.2, -0.15) is 8.42 Å². The number of hydrogen-bond donors (Lipinski definition) is 1. The van der Waals surface area contributed by atoms with E-state index in [1.807, 2.05) is 0 Å². The first-order valence-corrected chi connectivity index (χ1v) is 10.9. The van der Waals surface area contributed by atoms with Crippen molar-refractivity contribution in [3.8, 4) is 0 Å². The zero-order chi connectivity index (χ0) is 20.2. The molecular weight excluding hydrogens is 420 g/mol. The highest BCUT2D eigenvalue weighted by Crippen LogP contribution is 2.39. The van der Waals surface area contributed by atoms with Gasteiger partial charge in [-0.05, 0) is 17.7 Å². The largest absolute Gasteiger partial charge is 0.546 e. The topological polar surface area (TPSA) is 181 Å². The van der Waals surface area contributed by atoms with E-state index in [-0.39, 0.29) is 17.7 Å². The molecule has 1 aromatic rings. The Balaban J connectivity index is 2.27. The van der Waals surface area contributed by atoms with Crippen LogP contribution in [0, 0.1) is 0 Å². The van der Waals surface area contributed by atoms with E-state index < -0.39 is 38.5 Å². The molecule has 1 aromatic carbocycles. The summed E-state index contributed by atoms with van der Waals surface area (Å²) in [5, 5.41) is 15.0. The minimum Gasteiger partial charge on any atom is -0.546 e. The van der Waals surface area contributed by atoms with Crippen LogP contribution in [0.5, 0.6) is 0 Å². The molecule has 1 unspecified atom stereocenters. The van der Waals surface area contributed by atoms with E-state index >= 15 is 0 Å². The molecule has 1 fully saturated rings. The lowest BCUT2D eigenvalue weighted by molar-refractivity contribution is -0.312. The predicted octanol–water partition coefficient (Wildman–Crippen LogP) is 0.852. The van der Waals surface area contributed by atoms with Crippen LogP contribution in [0.3, 0.4) is 0 Å². The van der Waals surface area contributed by atoms with E-state index in [9.17, 15) is 32.5 Å². The first-order valence-electron chi connectivity index (χ1n) is 7.12. The zero-order valence-corrected chi connectivity index (χ0v) is 15.8. The van der Waals surface area contributed by atoms with Gasteiger partial charge >= 0.3 is 0 Å². The summed E-state index contributed by atoms with van der Waals surface area (Å²) in [6, 6.07) is 6.01. The third-order valence-electron chi connectivity index (χ3n) is 3.57. The third-order valence-corrected chi connectivity index (χ3v) is 7.50. The van der Waals surface area contributed by atoms with Crippen LogP contribution in [0.4, 0.5) is 5.69 Å². The molecule has 0 spiro atoms. The van der Waals surface area contributed by atoms with Crippen molar-refractivity contribution < 1.29 is 32.5 Å². The van der Waals surface area contributed by atoms with Crippen molar-refractivity contribution in [2.24, 2.45) is 5.11 Å². The van der Waals surface area contributed by atoms with Gasteiger partial charge in [0.1, 0.15) is 0 Å². The molecule has 27 heavy (non-hydrogen) atoms. The van der Waals surface area contributed by atoms with Crippen molar-refractivity contribution >= 4 is 55.2 Å². The Labute approximate surface area is 160 Å². The van der Waals surface area contributed by atoms with Crippen molar-refractivity contribution in [1.29, 1.82) is 0 Å². The Bertz CT molecular complexity index is 912. The molecule has 2 amide bonds. The summed E-state index contributed by atoms with van der Waals surface area (Å²) in [7, 11) is -3.79. The molecule has 144 valence electrons. The molecule has 1 aliphatic rings. The molecule has 1 N–H and O–H groups in total. The van der Waals surface area contributed by atoms with Gasteiger partial charge in [-0.15, -0.1) is 0 Å². The summed E-state index contributed by atoms with van der Waals surface area (Å²) < 4.78 is 33.2. The number of carboxylic acids is 1. The summed E-state index contributed by atoms with van der Waals surface area (Å²) in [6.45, 7) is 0. The summed E-state index contributed by atoms with van der Waals surface area (Å²) >= 11 is 0. The van der Waals surface area contributed by atoms with Crippen LogP contribution in [0.25, 0.3) is 10.4 Å². The fraction of sp³-hybridized carbons (Fsp3) is 0.308. The lowest BCUT2D eigenvalue weighted by Crippen LogP contribution is -2.67. The quantitative estimate of drug-likeness (QED) is 0.156. The highest BCUT2D eigenvalue weighted by atomic mass is 33.1. The minimum absolute atomic E-state index is 0.0515. The van der Waals surface area contributed by atoms with E-state index in [1.54, 1.807) is 0 Å². The maximum absolute atomic E-state index is 11.9. The van der Waals surface area contributed by atoms with E-state index in [2.05, 4.69) is 10.0 Å². The van der Waals surface area contributed by atoms with Gasteiger partial charge < -0.3 is 9.90 Å². The van der Waals surface area contributed by atoms with Gasteiger partial charge in [-0.3, -0.25) is 19.0 Å². The summed E-state index contributed by atoms with van der Waals surface area (Å²) in [6.07, 6.45) is -0.718. The van der Waals surface area contributed by atoms with Crippen LogP contribution < -0.4 is 5.11 Å². The van der Waals surface area contributed by atoms with Gasteiger partial charge in [0.2, 0.25) is 16.7 Å². The second-order valence-corrected chi connectivity index (χ2v) is 9.19. The normalized spacial score (nSPS) is 16.7. The Morgan fingerprint density at radius 2 is 1.85 bits per heavy atom. The first kappa shape index (κ1) is 21.1. The van der Waals surface area contributed by atoms with Crippen molar-refractivity contribution in [3.05, 3.63) is 34.7 Å². The molecule has 11 nitrogen and oxygen atoms in total. The molecule has 0 radical (unpaired) electrons. The summed E-state index contributed by atoms with van der Waals surface area (Å²) in [5.41, 5.74) is 8.68. The number of nitrogens with zero attached hydrogens (tertiary/aromatic N) is 4. The van der Waals surface area contributed by atoms with Crippen molar-refractivity contribution in [2.45, 2.75) is 22.6 Å². The maximum atomic E-state index is 11.9. The molecule has 0 aromatic heterocycles. The van der Waals surface area contributed by atoms with Gasteiger partial charge in [0.05, 0.1) is 11.7 Å². The monoisotopic (exact) mass is 431 g/mol. The predicted molar refractivity (Wildman–Crippen MR) is 93.9 cm³/mol. The van der Waals surface area contributed by atoms with Crippen LogP contribution in [0.2, 0.25) is 0 Å².